The van der Waals surface area contributed by atoms with Gasteiger partial charge >= 0.3 is 5.97 Å². The number of aromatic carboxylic acids is 1. The topological polar surface area (TPSA) is 82.8 Å². The molecule has 2 N–H and O–H groups in total. The van der Waals surface area contributed by atoms with Crippen molar-refractivity contribution < 1.29 is 15.0 Å². The molecule has 0 amide bonds. The number of carboxylic acid groups (broad SMARTS) is 1. The third-order valence-electron chi connectivity index (χ3n) is 4.95. The summed E-state index contributed by atoms with van der Waals surface area (Å²) >= 11 is 0. The predicted octanol–water partition coefficient (Wildman–Crippen LogP) is 3.60. The Morgan fingerprint density at radius 3 is 2.17 bits per heavy atom. The van der Waals surface area contributed by atoms with Crippen LogP contribution in [0.2, 0.25) is 0 Å². The fraction of sp³-hybridized carbons (Fsp3) is 0.217. The summed E-state index contributed by atoms with van der Waals surface area (Å²) in [6.45, 7) is 2.04. The first-order chi connectivity index (χ1) is 13.8. The van der Waals surface area contributed by atoms with Crippen molar-refractivity contribution in [3.05, 3.63) is 81.6 Å². The zero-order chi connectivity index (χ0) is 21.1. The number of pyridine rings is 1. The Kier molecular flexibility index (Phi) is 5.73. The van der Waals surface area contributed by atoms with Crippen LogP contribution in [0.1, 0.15) is 28.4 Å². The van der Waals surface area contributed by atoms with E-state index in [1.807, 2.05) is 80.5 Å². The van der Waals surface area contributed by atoms with Gasteiger partial charge in [-0.25, -0.2) is 4.79 Å². The quantitative estimate of drug-likeness (QED) is 0.670. The average molecular weight is 392 g/mol. The van der Waals surface area contributed by atoms with Gasteiger partial charge in [-0.15, -0.1) is 0 Å². The van der Waals surface area contributed by atoms with E-state index in [9.17, 15) is 19.8 Å². The van der Waals surface area contributed by atoms with Crippen LogP contribution >= 0.6 is 0 Å². The first kappa shape index (κ1) is 20.2. The lowest BCUT2D eigenvalue weighted by Crippen LogP contribution is -2.29. The minimum atomic E-state index is -1.43. The number of rotatable bonds is 6. The maximum atomic E-state index is 13.1. The van der Waals surface area contributed by atoms with Gasteiger partial charge in [0.1, 0.15) is 5.75 Å². The Morgan fingerprint density at radius 2 is 1.66 bits per heavy atom. The second kappa shape index (κ2) is 8.22. The summed E-state index contributed by atoms with van der Waals surface area (Å²) in [5.41, 5.74) is 2.27. The molecule has 3 aromatic rings. The van der Waals surface area contributed by atoms with Gasteiger partial charge in [-0.3, -0.25) is 4.79 Å². The molecule has 2 aromatic carbocycles. The number of aromatic hydroxyl groups is 1. The van der Waals surface area contributed by atoms with Crippen molar-refractivity contribution >= 4 is 11.7 Å². The molecule has 0 atom stereocenters. The molecule has 0 fully saturated rings. The molecule has 6 nitrogen and oxygen atoms in total. The second-order valence-electron chi connectivity index (χ2n) is 7.03. The lowest BCUT2D eigenvalue weighted by atomic mass is 9.99. The summed E-state index contributed by atoms with van der Waals surface area (Å²) in [5.74, 6) is -1.89. The third kappa shape index (κ3) is 3.87. The largest absolute Gasteiger partial charge is 0.506 e. The number of anilines is 1. The molecule has 0 radical (unpaired) electrons. The Hall–Kier alpha value is -3.54. The van der Waals surface area contributed by atoms with Gasteiger partial charge in [-0.1, -0.05) is 49.4 Å². The molecule has 0 spiro atoms. The Labute approximate surface area is 169 Å². The number of aromatic nitrogens is 1. The lowest BCUT2D eigenvalue weighted by Gasteiger charge is -2.20. The molecule has 1 aromatic heterocycles. The number of hydrogen-bond acceptors (Lipinski definition) is 4. The van der Waals surface area contributed by atoms with Gasteiger partial charge < -0.3 is 19.7 Å². The van der Waals surface area contributed by atoms with Gasteiger partial charge in [0.25, 0.3) is 5.56 Å². The number of carboxylic acids is 1. The van der Waals surface area contributed by atoms with Crippen LogP contribution in [0.5, 0.6) is 5.75 Å². The van der Waals surface area contributed by atoms with Crippen LogP contribution in [-0.2, 0) is 13.0 Å². The normalized spacial score (nSPS) is 10.7. The second-order valence-corrected chi connectivity index (χ2v) is 7.03. The highest BCUT2D eigenvalue weighted by Crippen LogP contribution is 2.33. The van der Waals surface area contributed by atoms with E-state index in [4.69, 9.17) is 0 Å². The van der Waals surface area contributed by atoms with Crippen molar-refractivity contribution in [1.82, 2.24) is 4.57 Å². The highest BCUT2D eigenvalue weighted by molar-refractivity contribution is 5.92. The molecule has 1 heterocycles. The van der Waals surface area contributed by atoms with Crippen LogP contribution < -0.4 is 10.5 Å². The predicted molar refractivity (Wildman–Crippen MR) is 114 cm³/mol. The van der Waals surface area contributed by atoms with E-state index in [2.05, 4.69) is 0 Å². The molecule has 0 saturated heterocycles. The van der Waals surface area contributed by atoms with Gasteiger partial charge in [0.15, 0.2) is 5.56 Å². The number of hydrogen-bond donors (Lipinski definition) is 2. The maximum absolute atomic E-state index is 13.1. The first-order valence-electron chi connectivity index (χ1n) is 9.38. The van der Waals surface area contributed by atoms with Crippen LogP contribution in [0.25, 0.3) is 11.3 Å². The fourth-order valence-electron chi connectivity index (χ4n) is 3.46. The van der Waals surface area contributed by atoms with E-state index in [1.165, 1.54) is 4.57 Å². The van der Waals surface area contributed by atoms with Crippen LogP contribution in [0, 0.1) is 0 Å². The van der Waals surface area contributed by atoms with E-state index in [1.54, 1.807) is 0 Å². The molecule has 0 aliphatic heterocycles. The zero-order valence-electron chi connectivity index (χ0n) is 16.7. The van der Waals surface area contributed by atoms with Gasteiger partial charge in [-0.05, 0) is 29.7 Å². The first-order valence-corrected chi connectivity index (χ1v) is 9.38. The third-order valence-corrected chi connectivity index (χ3v) is 4.95. The van der Waals surface area contributed by atoms with Crippen LogP contribution in [-0.4, -0.2) is 34.8 Å². The summed E-state index contributed by atoms with van der Waals surface area (Å²) < 4.78 is 1.45. The van der Waals surface area contributed by atoms with E-state index in [0.29, 0.717) is 17.7 Å². The molecule has 150 valence electrons. The van der Waals surface area contributed by atoms with E-state index in [0.717, 1.165) is 16.8 Å². The monoisotopic (exact) mass is 392 g/mol. The van der Waals surface area contributed by atoms with Gasteiger partial charge in [0.05, 0.1) is 12.2 Å². The van der Waals surface area contributed by atoms with Crippen molar-refractivity contribution in [2.24, 2.45) is 0 Å². The van der Waals surface area contributed by atoms with Crippen molar-refractivity contribution in [2.45, 2.75) is 19.9 Å². The Bertz CT molecular complexity index is 1080. The smallest absolute Gasteiger partial charge is 0.345 e. The van der Waals surface area contributed by atoms with Crippen LogP contribution in [0.3, 0.4) is 0 Å². The molecule has 0 bridgehead atoms. The van der Waals surface area contributed by atoms with Gasteiger partial charge in [-0.2, -0.15) is 0 Å². The Balaban J connectivity index is 2.32. The molecule has 3 rings (SSSR count). The summed E-state index contributed by atoms with van der Waals surface area (Å²) in [6, 6.07) is 17.0. The number of benzene rings is 2. The number of carbonyl (C=O) groups is 1. The fourth-order valence-corrected chi connectivity index (χ4v) is 3.46. The SMILES string of the molecule is CCc1c(O)c(C(=O)O)c(=O)n(Cc2ccccc2)c1-c1ccc(N(C)C)cc1. The minimum Gasteiger partial charge on any atom is -0.506 e. The van der Waals surface area contributed by atoms with Gasteiger partial charge in [0.2, 0.25) is 0 Å². The van der Waals surface area contributed by atoms with Crippen molar-refractivity contribution in [1.29, 1.82) is 0 Å². The van der Waals surface area contributed by atoms with E-state index < -0.39 is 22.8 Å². The average Bonchev–Trinajstić information content (AvgIpc) is 2.70. The van der Waals surface area contributed by atoms with Crippen LogP contribution in [0.15, 0.2) is 59.4 Å². The summed E-state index contributed by atoms with van der Waals surface area (Å²) in [4.78, 5) is 26.8. The highest BCUT2D eigenvalue weighted by atomic mass is 16.4. The van der Waals surface area contributed by atoms with Gasteiger partial charge in [0, 0.05) is 25.3 Å². The highest BCUT2D eigenvalue weighted by Gasteiger charge is 2.25. The van der Waals surface area contributed by atoms with E-state index in [-0.39, 0.29) is 6.54 Å². The van der Waals surface area contributed by atoms with Crippen molar-refractivity contribution in [3.8, 4) is 17.0 Å². The van der Waals surface area contributed by atoms with Crippen molar-refractivity contribution in [2.75, 3.05) is 19.0 Å². The summed E-state index contributed by atoms with van der Waals surface area (Å²) in [6.07, 6.45) is 0.381. The lowest BCUT2D eigenvalue weighted by molar-refractivity contribution is 0.0690. The summed E-state index contributed by atoms with van der Waals surface area (Å²) in [5, 5.41) is 20.2. The molecular formula is C23H24N2O4. The minimum absolute atomic E-state index is 0.206. The molecule has 0 unspecified atom stereocenters. The standard InChI is InChI=1S/C23H24N2O4/c1-4-18-20(16-10-12-17(13-11-16)24(2)3)25(14-15-8-6-5-7-9-15)22(27)19(21(18)26)23(28)29/h5-13,26H,4,14H2,1-3H3,(H,28,29). The summed E-state index contributed by atoms with van der Waals surface area (Å²) in [7, 11) is 3.87. The molecule has 6 heteroatoms. The molecule has 0 aliphatic carbocycles. The molecular weight excluding hydrogens is 368 g/mol. The zero-order valence-corrected chi connectivity index (χ0v) is 16.7. The molecule has 0 aliphatic rings. The number of nitrogens with zero attached hydrogens (tertiary/aromatic N) is 2. The Morgan fingerprint density at radius 1 is 1.03 bits per heavy atom. The maximum Gasteiger partial charge on any atom is 0.345 e. The van der Waals surface area contributed by atoms with Crippen molar-refractivity contribution in [3.63, 3.8) is 0 Å². The molecule has 29 heavy (non-hydrogen) atoms. The molecule has 0 saturated carbocycles. The van der Waals surface area contributed by atoms with Crippen LogP contribution in [0.4, 0.5) is 5.69 Å². The van der Waals surface area contributed by atoms with E-state index >= 15 is 0 Å².